The lowest BCUT2D eigenvalue weighted by molar-refractivity contribution is 0.410. The van der Waals surface area contributed by atoms with Crippen LogP contribution in [0.3, 0.4) is 0 Å². The van der Waals surface area contributed by atoms with Crippen molar-refractivity contribution < 1.29 is 13.5 Å². The number of ether oxygens (including phenoxy) is 1. The quantitative estimate of drug-likeness (QED) is 0.674. The summed E-state index contributed by atoms with van der Waals surface area (Å²) in [5, 5.41) is 13.4. The highest BCUT2D eigenvalue weighted by molar-refractivity contribution is 5.54. The second-order valence-electron chi connectivity index (χ2n) is 5.40. The van der Waals surface area contributed by atoms with Gasteiger partial charge >= 0.3 is 0 Å². The summed E-state index contributed by atoms with van der Waals surface area (Å²) in [5.41, 5.74) is 1.13. The smallest absolute Gasteiger partial charge is 0.249 e. The zero-order valence-electron chi connectivity index (χ0n) is 14.0. The van der Waals surface area contributed by atoms with E-state index in [0.717, 1.165) is 29.9 Å². The molecule has 2 aromatic carbocycles. The number of hydrogen-bond acceptors (Lipinski definition) is 6. The fourth-order valence-corrected chi connectivity index (χ4v) is 2.39. The number of hydrogen-bond donors (Lipinski definition) is 2. The summed E-state index contributed by atoms with van der Waals surface area (Å²) < 4.78 is 32.0. The molecule has 0 bridgehead atoms. The van der Waals surface area contributed by atoms with Crippen LogP contribution in [0.15, 0.2) is 48.7 Å². The fraction of sp³-hybridized carbons (Fsp3) is 0.167. The van der Waals surface area contributed by atoms with E-state index in [1.54, 1.807) is 7.11 Å². The third kappa shape index (κ3) is 4.41. The van der Waals surface area contributed by atoms with E-state index in [2.05, 4.69) is 25.8 Å². The summed E-state index contributed by atoms with van der Waals surface area (Å²) >= 11 is 0. The maximum Gasteiger partial charge on any atom is 0.249 e. The van der Waals surface area contributed by atoms with Crippen molar-refractivity contribution in [2.45, 2.75) is 6.42 Å². The van der Waals surface area contributed by atoms with Gasteiger partial charge in [-0.15, -0.1) is 5.10 Å². The first-order chi connectivity index (χ1) is 12.7. The molecule has 26 heavy (non-hydrogen) atoms. The number of halogens is 2. The molecule has 0 amide bonds. The third-order valence-electron chi connectivity index (χ3n) is 3.63. The summed E-state index contributed by atoms with van der Waals surface area (Å²) in [6.07, 6.45) is 2.19. The number of nitrogens with zero attached hydrogens (tertiary/aromatic N) is 3. The van der Waals surface area contributed by atoms with E-state index < -0.39 is 11.6 Å². The molecule has 1 heterocycles. The van der Waals surface area contributed by atoms with Crippen molar-refractivity contribution in [3.8, 4) is 5.75 Å². The van der Waals surface area contributed by atoms with E-state index in [0.29, 0.717) is 12.4 Å². The van der Waals surface area contributed by atoms with Crippen LogP contribution >= 0.6 is 0 Å². The molecule has 134 valence electrons. The van der Waals surface area contributed by atoms with Gasteiger partial charge in [0.2, 0.25) is 5.95 Å². The number of anilines is 3. The molecule has 1 aromatic heterocycles. The van der Waals surface area contributed by atoms with E-state index in [4.69, 9.17) is 4.74 Å². The van der Waals surface area contributed by atoms with E-state index in [9.17, 15) is 8.78 Å². The average molecular weight is 357 g/mol. The van der Waals surface area contributed by atoms with E-state index in [-0.39, 0.29) is 11.6 Å². The molecule has 0 radical (unpaired) electrons. The third-order valence-corrected chi connectivity index (χ3v) is 3.63. The lowest BCUT2D eigenvalue weighted by Crippen LogP contribution is -2.09. The Bertz CT molecular complexity index is 891. The average Bonchev–Trinajstić information content (AvgIpc) is 2.65. The van der Waals surface area contributed by atoms with Gasteiger partial charge in [0.1, 0.15) is 17.4 Å². The van der Waals surface area contributed by atoms with E-state index in [1.165, 1.54) is 12.3 Å². The molecule has 0 aliphatic heterocycles. The molecule has 0 spiro atoms. The summed E-state index contributed by atoms with van der Waals surface area (Å²) in [6, 6.07) is 11.0. The molecule has 0 aliphatic rings. The number of aromatic nitrogens is 3. The van der Waals surface area contributed by atoms with E-state index in [1.807, 2.05) is 24.3 Å². The van der Waals surface area contributed by atoms with Crippen LogP contribution in [0.25, 0.3) is 0 Å². The SMILES string of the molecule is COc1ccccc1CCNc1cnnc(Nc2ccc(F)cc2F)n1. The van der Waals surface area contributed by atoms with Crippen molar-refractivity contribution in [2.24, 2.45) is 0 Å². The first-order valence-corrected chi connectivity index (χ1v) is 7.93. The molecule has 3 aromatic rings. The molecule has 0 saturated carbocycles. The van der Waals surface area contributed by atoms with E-state index >= 15 is 0 Å². The Labute approximate surface area is 149 Å². The van der Waals surface area contributed by atoms with Gasteiger partial charge in [0.25, 0.3) is 0 Å². The Morgan fingerprint density at radius 3 is 2.77 bits per heavy atom. The van der Waals surface area contributed by atoms with Crippen LogP contribution < -0.4 is 15.4 Å². The zero-order valence-corrected chi connectivity index (χ0v) is 14.0. The number of para-hydroxylation sites is 1. The molecule has 0 atom stereocenters. The molecule has 0 unspecified atom stereocenters. The highest BCUT2D eigenvalue weighted by Gasteiger charge is 2.07. The summed E-state index contributed by atoms with van der Waals surface area (Å²) in [6.45, 7) is 0.601. The predicted molar refractivity (Wildman–Crippen MR) is 94.7 cm³/mol. The zero-order chi connectivity index (χ0) is 18.4. The first kappa shape index (κ1) is 17.5. The molecular weight excluding hydrogens is 340 g/mol. The van der Waals surface area contributed by atoms with Crippen molar-refractivity contribution in [3.05, 3.63) is 65.9 Å². The maximum absolute atomic E-state index is 13.7. The van der Waals surface area contributed by atoms with Crippen LogP contribution in [0.4, 0.5) is 26.2 Å². The second kappa shape index (κ2) is 8.19. The van der Waals surface area contributed by atoms with Gasteiger partial charge < -0.3 is 15.4 Å². The molecule has 8 heteroatoms. The number of benzene rings is 2. The standard InChI is InChI=1S/C18H17F2N5O/c1-26-16-5-3-2-4-12(16)8-9-21-17-11-22-25-18(24-17)23-15-7-6-13(19)10-14(15)20/h2-7,10-11H,8-9H2,1H3,(H2,21,23,24,25). The minimum Gasteiger partial charge on any atom is -0.496 e. The predicted octanol–water partition coefficient (Wildman–Crippen LogP) is 3.56. The van der Waals surface area contributed by atoms with Gasteiger partial charge in [-0.25, -0.2) is 8.78 Å². The normalized spacial score (nSPS) is 10.4. The van der Waals surface area contributed by atoms with Crippen molar-refractivity contribution in [1.82, 2.24) is 15.2 Å². The minimum absolute atomic E-state index is 0.0689. The van der Waals surface area contributed by atoms with Gasteiger partial charge in [-0.1, -0.05) is 18.2 Å². The summed E-state index contributed by atoms with van der Waals surface area (Å²) in [4.78, 5) is 4.22. The maximum atomic E-state index is 13.7. The highest BCUT2D eigenvalue weighted by Crippen LogP contribution is 2.19. The number of rotatable bonds is 7. The monoisotopic (exact) mass is 357 g/mol. The van der Waals surface area contributed by atoms with Gasteiger partial charge in [-0.2, -0.15) is 10.1 Å². The van der Waals surface area contributed by atoms with Gasteiger partial charge in [-0.3, -0.25) is 0 Å². The van der Waals surface area contributed by atoms with Crippen LogP contribution in [-0.2, 0) is 6.42 Å². The Morgan fingerprint density at radius 1 is 1.12 bits per heavy atom. The Balaban J connectivity index is 1.62. The lowest BCUT2D eigenvalue weighted by Gasteiger charge is -2.10. The highest BCUT2D eigenvalue weighted by atomic mass is 19.1. The van der Waals surface area contributed by atoms with Gasteiger partial charge in [0.15, 0.2) is 5.82 Å². The molecule has 6 nitrogen and oxygen atoms in total. The number of nitrogens with one attached hydrogen (secondary N) is 2. The minimum atomic E-state index is -0.733. The topological polar surface area (TPSA) is 72.0 Å². The van der Waals surface area contributed by atoms with Crippen molar-refractivity contribution in [3.63, 3.8) is 0 Å². The fourth-order valence-electron chi connectivity index (χ4n) is 2.39. The summed E-state index contributed by atoms with van der Waals surface area (Å²) in [5.74, 6) is 0.0314. The summed E-state index contributed by atoms with van der Waals surface area (Å²) in [7, 11) is 1.63. The van der Waals surface area contributed by atoms with Gasteiger partial charge in [-0.05, 0) is 30.2 Å². The Morgan fingerprint density at radius 2 is 1.96 bits per heavy atom. The van der Waals surface area contributed by atoms with Gasteiger partial charge in [0.05, 0.1) is 19.0 Å². The molecule has 0 saturated heterocycles. The van der Waals surface area contributed by atoms with Crippen LogP contribution in [-0.4, -0.2) is 28.8 Å². The first-order valence-electron chi connectivity index (χ1n) is 7.93. The van der Waals surface area contributed by atoms with Crippen LogP contribution in [0.2, 0.25) is 0 Å². The second-order valence-corrected chi connectivity index (χ2v) is 5.40. The molecule has 2 N–H and O–H groups in total. The van der Waals surface area contributed by atoms with Crippen molar-refractivity contribution in [2.75, 3.05) is 24.3 Å². The van der Waals surface area contributed by atoms with Crippen LogP contribution in [0.5, 0.6) is 5.75 Å². The molecule has 3 rings (SSSR count). The molecule has 0 aliphatic carbocycles. The number of methoxy groups -OCH3 is 1. The van der Waals surface area contributed by atoms with Crippen molar-refractivity contribution >= 4 is 17.5 Å². The molecule has 0 fully saturated rings. The van der Waals surface area contributed by atoms with Crippen LogP contribution in [0.1, 0.15) is 5.56 Å². The van der Waals surface area contributed by atoms with Crippen LogP contribution in [0, 0.1) is 11.6 Å². The Kier molecular flexibility index (Phi) is 5.52. The Hall–Kier alpha value is -3.29. The van der Waals surface area contributed by atoms with Crippen molar-refractivity contribution in [1.29, 1.82) is 0 Å². The lowest BCUT2D eigenvalue weighted by atomic mass is 10.1. The largest absolute Gasteiger partial charge is 0.496 e. The molecular formula is C18H17F2N5O. The van der Waals surface area contributed by atoms with Gasteiger partial charge in [0, 0.05) is 12.6 Å².